The summed E-state index contributed by atoms with van der Waals surface area (Å²) in [7, 11) is 0. The number of allylic oxidation sites excluding steroid dienone is 1. The molecule has 0 bridgehead atoms. The Morgan fingerprint density at radius 1 is 1.89 bits per heavy atom. The van der Waals surface area contributed by atoms with E-state index in [-0.39, 0.29) is 5.60 Å². The van der Waals surface area contributed by atoms with Gasteiger partial charge in [-0.15, -0.1) is 6.58 Å². The van der Waals surface area contributed by atoms with Crippen LogP contribution < -0.4 is 0 Å². The molecule has 0 spiro atoms. The van der Waals surface area contributed by atoms with Crippen molar-refractivity contribution in [3.8, 4) is 0 Å². The molecule has 1 fully saturated rings. The molecule has 2 atom stereocenters. The van der Waals surface area contributed by atoms with Crippen molar-refractivity contribution in [2.75, 3.05) is 0 Å². The third-order valence-corrected chi connectivity index (χ3v) is 2.10. The Hall–Kier alpha value is -0.300. The average molecular weight is 126 g/mol. The predicted octanol–water partition coefficient (Wildman–Crippen LogP) is 1.72. The van der Waals surface area contributed by atoms with E-state index in [1.165, 1.54) is 0 Å². The minimum absolute atomic E-state index is 0.330. The van der Waals surface area contributed by atoms with Gasteiger partial charge in [0.2, 0.25) is 0 Å². The number of aliphatic hydroxyl groups is 1. The monoisotopic (exact) mass is 126 g/mol. The lowest BCUT2D eigenvalue weighted by molar-refractivity contribution is 0.150. The molecule has 0 aromatic carbocycles. The van der Waals surface area contributed by atoms with E-state index in [1.54, 1.807) is 0 Å². The lowest BCUT2D eigenvalue weighted by atomic mass is 10.2. The molecule has 0 aliphatic heterocycles. The Morgan fingerprint density at radius 2 is 2.44 bits per heavy atom. The summed E-state index contributed by atoms with van der Waals surface area (Å²) < 4.78 is 0. The fraction of sp³-hybridized carbons (Fsp3) is 0.750. The normalized spacial score (nSPS) is 40.4. The SMILES string of the molecule is C=CCCC1CC1(C)O. The first-order valence-electron chi connectivity index (χ1n) is 3.50. The smallest absolute Gasteiger partial charge is 0.0652 e. The van der Waals surface area contributed by atoms with Crippen LogP contribution in [0.3, 0.4) is 0 Å². The molecule has 0 amide bonds. The summed E-state index contributed by atoms with van der Waals surface area (Å²) in [6, 6.07) is 0. The standard InChI is InChI=1S/C8H14O/c1-3-4-5-7-6-8(7,2)9/h3,7,9H,1,4-6H2,2H3. The molecule has 0 aromatic rings. The van der Waals surface area contributed by atoms with Gasteiger partial charge in [-0.1, -0.05) is 6.08 Å². The van der Waals surface area contributed by atoms with Gasteiger partial charge in [-0.3, -0.25) is 0 Å². The van der Waals surface area contributed by atoms with Crippen molar-refractivity contribution in [2.24, 2.45) is 5.92 Å². The van der Waals surface area contributed by atoms with Crippen molar-refractivity contribution in [1.29, 1.82) is 0 Å². The van der Waals surface area contributed by atoms with Crippen LogP contribution in [-0.4, -0.2) is 10.7 Å². The quantitative estimate of drug-likeness (QED) is 0.571. The van der Waals surface area contributed by atoms with Crippen LogP contribution in [0.1, 0.15) is 26.2 Å². The second kappa shape index (κ2) is 2.14. The first kappa shape index (κ1) is 6.81. The van der Waals surface area contributed by atoms with E-state index in [2.05, 4.69) is 6.58 Å². The van der Waals surface area contributed by atoms with Crippen LogP contribution in [0.5, 0.6) is 0 Å². The maximum Gasteiger partial charge on any atom is 0.0652 e. The zero-order valence-electron chi connectivity index (χ0n) is 5.93. The van der Waals surface area contributed by atoms with Crippen molar-refractivity contribution >= 4 is 0 Å². The summed E-state index contributed by atoms with van der Waals surface area (Å²) in [4.78, 5) is 0. The largest absolute Gasteiger partial charge is 0.390 e. The molecule has 1 rings (SSSR count). The highest BCUT2D eigenvalue weighted by Crippen LogP contribution is 2.45. The molecule has 52 valence electrons. The van der Waals surface area contributed by atoms with Gasteiger partial charge in [0.25, 0.3) is 0 Å². The highest BCUT2D eigenvalue weighted by molar-refractivity contribution is 4.99. The number of hydrogen-bond donors (Lipinski definition) is 1. The Bertz CT molecular complexity index is 116. The summed E-state index contributed by atoms with van der Waals surface area (Å²) in [5.74, 6) is 0.551. The molecule has 9 heavy (non-hydrogen) atoms. The second-order valence-electron chi connectivity index (χ2n) is 3.12. The molecular formula is C8H14O. The molecule has 0 saturated heterocycles. The highest BCUT2D eigenvalue weighted by Gasteiger charge is 2.47. The molecule has 2 unspecified atom stereocenters. The maximum atomic E-state index is 9.28. The van der Waals surface area contributed by atoms with Crippen molar-refractivity contribution in [3.05, 3.63) is 12.7 Å². The van der Waals surface area contributed by atoms with E-state index >= 15 is 0 Å². The molecular weight excluding hydrogens is 112 g/mol. The third kappa shape index (κ3) is 1.55. The minimum atomic E-state index is -0.330. The second-order valence-corrected chi connectivity index (χ2v) is 3.12. The van der Waals surface area contributed by atoms with Gasteiger partial charge < -0.3 is 5.11 Å². The van der Waals surface area contributed by atoms with Crippen LogP contribution in [0.25, 0.3) is 0 Å². The van der Waals surface area contributed by atoms with E-state index in [0.717, 1.165) is 19.3 Å². The topological polar surface area (TPSA) is 20.2 Å². The minimum Gasteiger partial charge on any atom is -0.390 e. The van der Waals surface area contributed by atoms with Gasteiger partial charge in [-0.2, -0.15) is 0 Å². The van der Waals surface area contributed by atoms with Crippen LogP contribution >= 0.6 is 0 Å². The average Bonchev–Trinajstić information content (AvgIpc) is 2.35. The first-order valence-corrected chi connectivity index (χ1v) is 3.50. The molecule has 0 radical (unpaired) electrons. The van der Waals surface area contributed by atoms with E-state index in [4.69, 9.17) is 0 Å². The Morgan fingerprint density at radius 3 is 2.78 bits per heavy atom. The van der Waals surface area contributed by atoms with Gasteiger partial charge in [0, 0.05) is 0 Å². The lowest BCUT2D eigenvalue weighted by Crippen LogP contribution is -2.02. The fourth-order valence-corrected chi connectivity index (χ4v) is 1.17. The Labute approximate surface area is 56.4 Å². The van der Waals surface area contributed by atoms with Crippen LogP contribution in [0.2, 0.25) is 0 Å². The van der Waals surface area contributed by atoms with E-state index in [0.29, 0.717) is 5.92 Å². The van der Waals surface area contributed by atoms with E-state index in [9.17, 15) is 5.11 Å². The Balaban J connectivity index is 2.12. The van der Waals surface area contributed by atoms with Crippen molar-refractivity contribution in [2.45, 2.75) is 31.8 Å². The van der Waals surface area contributed by atoms with Gasteiger partial charge >= 0.3 is 0 Å². The Kier molecular flexibility index (Phi) is 1.62. The van der Waals surface area contributed by atoms with Crippen LogP contribution in [0.15, 0.2) is 12.7 Å². The molecule has 1 aliphatic rings. The third-order valence-electron chi connectivity index (χ3n) is 2.10. The number of rotatable bonds is 3. The molecule has 1 saturated carbocycles. The summed E-state index contributed by atoms with van der Waals surface area (Å²) in [6.45, 7) is 5.53. The molecule has 1 aliphatic carbocycles. The van der Waals surface area contributed by atoms with Crippen LogP contribution in [-0.2, 0) is 0 Å². The first-order chi connectivity index (χ1) is 4.17. The molecule has 1 N–H and O–H groups in total. The van der Waals surface area contributed by atoms with Gasteiger partial charge in [0.1, 0.15) is 0 Å². The lowest BCUT2D eigenvalue weighted by Gasteiger charge is -1.98. The summed E-state index contributed by atoms with van der Waals surface area (Å²) in [5.41, 5.74) is -0.330. The summed E-state index contributed by atoms with van der Waals surface area (Å²) in [6.07, 6.45) is 5.05. The van der Waals surface area contributed by atoms with E-state index in [1.807, 2.05) is 13.0 Å². The van der Waals surface area contributed by atoms with Crippen molar-refractivity contribution in [3.63, 3.8) is 0 Å². The predicted molar refractivity (Wildman–Crippen MR) is 38.2 cm³/mol. The fourth-order valence-electron chi connectivity index (χ4n) is 1.17. The van der Waals surface area contributed by atoms with Gasteiger partial charge in [0.15, 0.2) is 0 Å². The summed E-state index contributed by atoms with van der Waals surface area (Å²) in [5, 5.41) is 9.28. The van der Waals surface area contributed by atoms with Gasteiger partial charge in [0.05, 0.1) is 5.60 Å². The van der Waals surface area contributed by atoms with Crippen LogP contribution in [0.4, 0.5) is 0 Å². The van der Waals surface area contributed by atoms with Crippen molar-refractivity contribution < 1.29 is 5.11 Å². The maximum absolute atomic E-state index is 9.28. The zero-order valence-corrected chi connectivity index (χ0v) is 5.93. The number of hydrogen-bond acceptors (Lipinski definition) is 1. The van der Waals surface area contributed by atoms with E-state index < -0.39 is 0 Å². The van der Waals surface area contributed by atoms with Crippen LogP contribution in [0, 0.1) is 5.92 Å². The van der Waals surface area contributed by atoms with Gasteiger partial charge in [-0.25, -0.2) is 0 Å². The molecule has 0 aromatic heterocycles. The zero-order chi connectivity index (χ0) is 6.91. The molecule has 1 nitrogen and oxygen atoms in total. The van der Waals surface area contributed by atoms with Crippen molar-refractivity contribution in [1.82, 2.24) is 0 Å². The molecule has 1 heteroatoms. The summed E-state index contributed by atoms with van der Waals surface area (Å²) >= 11 is 0. The molecule has 0 heterocycles. The van der Waals surface area contributed by atoms with Gasteiger partial charge in [-0.05, 0) is 32.1 Å². The highest BCUT2D eigenvalue weighted by atomic mass is 16.3.